The molecule has 3 rings (SSSR count). The SMILES string of the molecule is CCCCCCc1c(B(O)O)ccc2c1C(CC)(CC)c1cc(B(O)O)ccc1-2. The molecular weight excluding hydrogens is 362 g/mol. The van der Waals surface area contributed by atoms with Crippen LogP contribution in [0.2, 0.25) is 0 Å². The van der Waals surface area contributed by atoms with Gasteiger partial charge in [0, 0.05) is 5.41 Å². The highest BCUT2D eigenvalue weighted by molar-refractivity contribution is 6.59. The molecule has 4 N–H and O–H groups in total. The van der Waals surface area contributed by atoms with Gasteiger partial charge in [-0.15, -0.1) is 0 Å². The Balaban J connectivity index is 2.22. The molecule has 0 amide bonds. The van der Waals surface area contributed by atoms with Crippen molar-refractivity contribution in [1.82, 2.24) is 0 Å². The molecule has 0 bridgehead atoms. The molecule has 1 aliphatic rings. The fraction of sp³-hybridized carbons (Fsp3) is 0.478. The van der Waals surface area contributed by atoms with Gasteiger partial charge in [-0.2, -0.15) is 0 Å². The van der Waals surface area contributed by atoms with Gasteiger partial charge in [-0.05, 0) is 64.4 Å². The minimum atomic E-state index is -1.50. The van der Waals surface area contributed by atoms with Gasteiger partial charge in [0.2, 0.25) is 0 Å². The Kier molecular flexibility index (Phi) is 6.90. The van der Waals surface area contributed by atoms with Gasteiger partial charge >= 0.3 is 14.2 Å². The molecule has 0 radical (unpaired) electrons. The molecule has 4 nitrogen and oxygen atoms in total. The minimum absolute atomic E-state index is 0.263. The molecule has 0 atom stereocenters. The van der Waals surface area contributed by atoms with Crippen LogP contribution in [0.15, 0.2) is 30.3 Å². The first-order valence-corrected chi connectivity index (χ1v) is 10.9. The molecule has 0 saturated carbocycles. The highest BCUT2D eigenvalue weighted by Gasteiger charge is 2.43. The summed E-state index contributed by atoms with van der Waals surface area (Å²) in [5.74, 6) is 0. The van der Waals surface area contributed by atoms with Crippen molar-refractivity contribution >= 4 is 25.2 Å². The van der Waals surface area contributed by atoms with Gasteiger partial charge in [0.15, 0.2) is 0 Å². The zero-order valence-electron chi connectivity index (χ0n) is 17.8. The normalized spacial score (nSPS) is 13.9. The van der Waals surface area contributed by atoms with Gasteiger partial charge in [-0.25, -0.2) is 0 Å². The second kappa shape index (κ2) is 9.05. The van der Waals surface area contributed by atoms with Crippen LogP contribution in [0.5, 0.6) is 0 Å². The Labute approximate surface area is 174 Å². The van der Waals surface area contributed by atoms with E-state index in [1.165, 1.54) is 12.0 Å². The number of benzene rings is 2. The van der Waals surface area contributed by atoms with Gasteiger partial charge < -0.3 is 20.1 Å². The molecule has 0 heterocycles. The highest BCUT2D eigenvalue weighted by Crippen LogP contribution is 2.53. The van der Waals surface area contributed by atoms with E-state index >= 15 is 0 Å². The summed E-state index contributed by atoms with van der Waals surface area (Å²) in [7, 11) is -3.00. The summed E-state index contributed by atoms with van der Waals surface area (Å²) in [6.07, 6.45) is 7.03. The molecule has 0 saturated heterocycles. The molecule has 0 unspecified atom stereocenters. The maximum Gasteiger partial charge on any atom is 0.488 e. The van der Waals surface area contributed by atoms with Gasteiger partial charge in [-0.1, -0.05) is 70.4 Å². The molecule has 2 aromatic carbocycles. The predicted octanol–water partition coefficient (Wildman–Crippen LogP) is 2.26. The zero-order chi connectivity index (χ0) is 21.2. The number of fused-ring (bicyclic) bond motifs is 3. The van der Waals surface area contributed by atoms with Gasteiger partial charge in [0.1, 0.15) is 0 Å². The first-order valence-electron chi connectivity index (χ1n) is 10.9. The van der Waals surface area contributed by atoms with Crippen LogP contribution in [0.4, 0.5) is 0 Å². The van der Waals surface area contributed by atoms with E-state index in [4.69, 9.17) is 0 Å². The van der Waals surface area contributed by atoms with Crippen LogP contribution < -0.4 is 10.9 Å². The first-order chi connectivity index (χ1) is 13.9. The quantitative estimate of drug-likeness (QED) is 0.389. The Bertz CT molecular complexity index is 860. The fourth-order valence-electron chi connectivity index (χ4n) is 5.15. The fourth-order valence-corrected chi connectivity index (χ4v) is 5.15. The third-order valence-electron chi connectivity index (χ3n) is 6.74. The van der Waals surface area contributed by atoms with Crippen molar-refractivity contribution in [2.24, 2.45) is 0 Å². The van der Waals surface area contributed by atoms with Crippen molar-refractivity contribution < 1.29 is 20.1 Å². The van der Waals surface area contributed by atoms with Gasteiger partial charge in [-0.3, -0.25) is 0 Å². The van der Waals surface area contributed by atoms with Crippen molar-refractivity contribution in [1.29, 1.82) is 0 Å². The van der Waals surface area contributed by atoms with E-state index in [1.54, 1.807) is 6.07 Å². The second-order valence-electron chi connectivity index (χ2n) is 8.21. The van der Waals surface area contributed by atoms with Crippen molar-refractivity contribution in [2.45, 2.75) is 71.1 Å². The molecule has 0 aliphatic heterocycles. The summed E-state index contributed by atoms with van der Waals surface area (Å²) in [6, 6.07) is 9.51. The second-order valence-corrected chi connectivity index (χ2v) is 8.21. The summed E-state index contributed by atoms with van der Waals surface area (Å²) in [6.45, 7) is 6.51. The molecule has 2 aromatic rings. The summed E-state index contributed by atoms with van der Waals surface area (Å²) in [5.41, 5.74) is 6.45. The molecule has 0 spiro atoms. The number of hydrogen-bond donors (Lipinski definition) is 4. The van der Waals surface area contributed by atoms with E-state index in [9.17, 15) is 20.1 Å². The highest BCUT2D eigenvalue weighted by atomic mass is 16.4. The molecule has 154 valence electrons. The Hall–Kier alpha value is -1.59. The third-order valence-corrected chi connectivity index (χ3v) is 6.74. The molecule has 29 heavy (non-hydrogen) atoms. The lowest BCUT2D eigenvalue weighted by molar-refractivity contribution is 0.424. The maximum atomic E-state index is 10.1. The van der Waals surface area contributed by atoms with E-state index in [2.05, 4.69) is 20.8 Å². The van der Waals surface area contributed by atoms with E-state index in [-0.39, 0.29) is 5.41 Å². The average Bonchev–Trinajstić information content (AvgIpc) is 3.00. The molecule has 0 aromatic heterocycles. The monoisotopic (exact) mass is 394 g/mol. The number of hydrogen-bond acceptors (Lipinski definition) is 4. The topological polar surface area (TPSA) is 80.9 Å². The molecule has 6 heteroatoms. The van der Waals surface area contributed by atoms with E-state index in [1.807, 2.05) is 24.3 Å². The minimum Gasteiger partial charge on any atom is -0.423 e. The van der Waals surface area contributed by atoms with Crippen molar-refractivity contribution in [3.05, 3.63) is 47.0 Å². The van der Waals surface area contributed by atoms with Crippen LogP contribution in [-0.2, 0) is 11.8 Å². The van der Waals surface area contributed by atoms with Gasteiger partial charge in [0.05, 0.1) is 0 Å². The molecule has 0 fully saturated rings. The van der Waals surface area contributed by atoms with Crippen LogP contribution in [-0.4, -0.2) is 34.3 Å². The summed E-state index contributed by atoms with van der Waals surface area (Å²) in [5, 5.41) is 39.6. The summed E-state index contributed by atoms with van der Waals surface area (Å²) in [4.78, 5) is 0. The maximum absolute atomic E-state index is 10.1. The van der Waals surface area contributed by atoms with E-state index in [0.29, 0.717) is 10.9 Å². The molecular formula is C23H32B2O4. The van der Waals surface area contributed by atoms with Crippen molar-refractivity contribution in [3.8, 4) is 11.1 Å². The van der Waals surface area contributed by atoms with E-state index < -0.39 is 14.2 Å². The predicted molar refractivity (Wildman–Crippen MR) is 121 cm³/mol. The zero-order valence-corrected chi connectivity index (χ0v) is 17.8. The lowest BCUT2D eigenvalue weighted by atomic mass is 9.66. The average molecular weight is 394 g/mol. The Morgan fingerprint density at radius 1 is 0.793 bits per heavy atom. The standard InChI is InChI=1S/C23H32B2O4/c1-4-7-8-9-10-19-21(25(28)29)14-13-18-17-12-11-16(24(26)27)15-20(17)23(5-2,6-3)22(18)19/h11-15,26-29H,4-10H2,1-3H3. The van der Waals surface area contributed by atoms with Crippen molar-refractivity contribution in [2.75, 3.05) is 0 Å². The van der Waals surface area contributed by atoms with Crippen LogP contribution in [0, 0.1) is 0 Å². The number of rotatable bonds is 9. The third kappa shape index (κ3) is 3.79. The number of unbranched alkanes of at least 4 members (excludes halogenated alkanes) is 3. The lowest BCUT2D eigenvalue weighted by Gasteiger charge is -2.33. The molecule has 1 aliphatic carbocycles. The largest absolute Gasteiger partial charge is 0.488 e. The van der Waals surface area contributed by atoms with Crippen LogP contribution in [0.3, 0.4) is 0 Å². The van der Waals surface area contributed by atoms with E-state index in [0.717, 1.165) is 60.8 Å². The summed E-state index contributed by atoms with van der Waals surface area (Å²) >= 11 is 0. The lowest BCUT2D eigenvalue weighted by Crippen LogP contribution is -2.37. The van der Waals surface area contributed by atoms with Crippen LogP contribution >= 0.6 is 0 Å². The first kappa shape index (κ1) is 22.1. The van der Waals surface area contributed by atoms with Gasteiger partial charge in [0.25, 0.3) is 0 Å². The van der Waals surface area contributed by atoms with Crippen LogP contribution in [0.1, 0.15) is 76.0 Å². The smallest absolute Gasteiger partial charge is 0.423 e. The van der Waals surface area contributed by atoms with Crippen LogP contribution in [0.25, 0.3) is 11.1 Å². The van der Waals surface area contributed by atoms with Crippen molar-refractivity contribution in [3.63, 3.8) is 0 Å². The Morgan fingerprint density at radius 2 is 1.48 bits per heavy atom. The Morgan fingerprint density at radius 3 is 2.07 bits per heavy atom. The summed E-state index contributed by atoms with van der Waals surface area (Å²) < 4.78 is 0.